The Morgan fingerprint density at radius 2 is 1.49 bits per heavy atom. The summed E-state index contributed by atoms with van der Waals surface area (Å²) in [5.41, 5.74) is 2.12. The lowest BCUT2D eigenvalue weighted by Gasteiger charge is -2.44. The number of allylic oxidation sites excluding steroid dienone is 1. The third-order valence-corrected chi connectivity index (χ3v) is 7.48. The Balaban J connectivity index is 1.56. The van der Waals surface area contributed by atoms with Crippen molar-refractivity contribution in [1.29, 1.82) is 0 Å². The van der Waals surface area contributed by atoms with E-state index in [1.807, 2.05) is 60.7 Å². The molecular formula is C32H34O5. The van der Waals surface area contributed by atoms with Crippen molar-refractivity contribution in [3.8, 4) is 0 Å². The van der Waals surface area contributed by atoms with Gasteiger partial charge in [0.05, 0.1) is 13.2 Å². The van der Waals surface area contributed by atoms with Crippen LogP contribution in [0.1, 0.15) is 36.5 Å². The molecule has 2 aliphatic heterocycles. The smallest absolute Gasteiger partial charge is 0.303 e. The van der Waals surface area contributed by atoms with Crippen LogP contribution in [0.5, 0.6) is 0 Å². The van der Waals surface area contributed by atoms with Crippen LogP contribution >= 0.6 is 0 Å². The fourth-order valence-electron chi connectivity index (χ4n) is 5.87. The summed E-state index contributed by atoms with van der Waals surface area (Å²) < 4.78 is 25.3. The first kappa shape index (κ1) is 25.4. The fourth-order valence-corrected chi connectivity index (χ4v) is 5.87. The number of hydrogen-bond acceptors (Lipinski definition) is 5. The first-order chi connectivity index (χ1) is 18.1. The van der Waals surface area contributed by atoms with Gasteiger partial charge in [-0.1, -0.05) is 97.1 Å². The largest absolute Gasteiger partial charge is 0.459 e. The van der Waals surface area contributed by atoms with E-state index in [9.17, 15) is 4.79 Å². The minimum atomic E-state index is -0.894. The molecule has 0 unspecified atom stereocenters. The lowest BCUT2D eigenvalue weighted by molar-refractivity contribution is -0.258. The summed E-state index contributed by atoms with van der Waals surface area (Å²) in [7, 11) is 0. The second kappa shape index (κ2) is 11.4. The highest BCUT2D eigenvalue weighted by atomic mass is 16.7. The predicted molar refractivity (Wildman–Crippen MR) is 142 cm³/mol. The first-order valence-electron chi connectivity index (χ1n) is 13.0. The summed E-state index contributed by atoms with van der Waals surface area (Å²) in [4.78, 5) is 12.2. The van der Waals surface area contributed by atoms with Gasteiger partial charge in [-0.05, 0) is 29.5 Å². The zero-order chi connectivity index (χ0) is 25.7. The summed E-state index contributed by atoms with van der Waals surface area (Å²) in [6.07, 6.45) is 2.18. The van der Waals surface area contributed by atoms with Crippen LogP contribution in [-0.4, -0.2) is 37.7 Å². The molecule has 2 saturated heterocycles. The van der Waals surface area contributed by atoms with Gasteiger partial charge in [0.25, 0.3) is 0 Å². The van der Waals surface area contributed by atoms with Crippen LogP contribution in [0.15, 0.2) is 104 Å². The van der Waals surface area contributed by atoms with Gasteiger partial charge >= 0.3 is 5.97 Å². The molecule has 5 rings (SSSR count). The molecule has 0 aromatic heterocycles. The number of benzene rings is 3. The molecule has 0 bridgehead atoms. The van der Waals surface area contributed by atoms with E-state index in [1.165, 1.54) is 6.92 Å². The Labute approximate surface area is 219 Å². The Hall–Kier alpha value is -3.25. The van der Waals surface area contributed by atoms with Gasteiger partial charge in [-0.3, -0.25) is 4.79 Å². The van der Waals surface area contributed by atoms with Gasteiger partial charge < -0.3 is 18.9 Å². The molecule has 2 fully saturated rings. The average Bonchev–Trinajstić information content (AvgIpc) is 3.41. The van der Waals surface area contributed by atoms with Gasteiger partial charge in [-0.25, -0.2) is 0 Å². The number of carbonyl (C=O) groups excluding carboxylic acids is 1. The van der Waals surface area contributed by atoms with Crippen LogP contribution < -0.4 is 0 Å². The van der Waals surface area contributed by atoms with Gasteiger partial charge in [0, 0.05) is 18.8 Å². The second-order valence-electron chi connectivity index (χ2n) is 9.72. The molecule has 2 aliphatic rings. The molecular weight excluding hydrogens is 464 g/mol. The zero-order valence-corrected chi connectivity index (χ0v) is 21.2. The van der Waals surface area contributed by atoms with Crippen LogP contribution in [0.3, 0.4) is 0 Å². The molecule has 5 atom stereocenters. The fraction of sp³-hybridized carbons (Fsp3) is 0.344. The Kier molecular flexibility index (Phi) is 7.85. The Morgan fingerprint density at radius 1 is 0.946 bits per heavy atom. The zero-order valence-electron chi connectivity index (χ0n) is 21.2. The molecule has 2 heterocycles. The lowest BCUT2D eigenvalue weighted by Crippen LogP contribution is -2.54. The number of ether oxygens (including phenoxy) is 4. The lowest BCUT2D eigenvalue weighted by atomic mass is 9.78. The maximum atomic E-state index is 12.2. The van der Waals surface area contributed by atoms with Crippen molar-refractivity contribution in [2.75, 3.05) is 13.2 Å². The van der Waals surface area contributed by atoms with Crippen molar-refractivity contribution in [2.45, 2.75) is 43.9 Å². The predicted octanol–water partition coefficient (Wildman–Crippen LogP) is 5.88. The SMILES string of the molecule is C=CC[C@@H]1[C@H]2CCO[C@H]2O[C@H](COC(c2ccccc2)(c2ccccc2)c2ccccc2)[C@H]1OC(C)=O. The molecule has 0 saturated carbocycles. The monoisotopic (exact) mass is 498 g/mol. The molecule has 0 aliphatic carbocycles. The highest BCUT2D eigenvalue weighted by Crippen LogP contribution is 2.44. The molecule has 3 aromatic rings. The summed E-state index contributed by atoms with van der Waals surface area (Å²) in [5.74, 6) is -0.123. The normalized spacial score (nSPS) is 25.3. The minimum absolute atomic E-state index is 0.0517. The third-order valence-electron chi connectivity index (χ3n) is 7.48. The van der Waals surface area contributed by atoms with Crippen LogP contribution in [0, 0.1) is 11.8 Å². The van der Waals surface area contributed by atoms with Gasteiger partial charge in [-0.2, -0.15) is 0 Å². The van der Waals surface area contributed by atoms with Crippen molar-refractivity contribution < 1.29 is 23.7 Å². The molecule has 0 radical (unpaired) electrons. The summed E-state index contributed by atoms with van der Waals surface area (Å²) in [6, 6.07) is 30.7. The molecule has 37 heavy (non-hydrogen) atoms. The van der Waals surface area contributed by atoms with E-state index in [0.29, 0.717) is 13.0 Å². The highest BCUT2D eigenvalue weighted by molar-refractivity contribution is 5.66. The molecule has 5 nitrogen and oxygen atoms in total. The molecule has 5 heteroatoms. The van der Waals surface area contributed by atoms with E-state index in [4.69, 9.17) is 18.9 Å². The van der Waals surface area contributed by atoms with E-state index in [0.717, 1.165) is 23.1 Å². The maximum absolute atomic E-state index is 12.2. The summed E-state index contributed by atoms with van der Waals surface area (Å²) >= 11 is 0. The minimum Gasteiger partial charge on any atom is -0.459 e. The van der Waals surface area contributed by atoms with Crippen molar-refractivity contribution in [3.63, 3.8) is 0 Å². The second-order valence-corrected chi connectivity index (χ2v) is 9.72. The summed E-state index contributed by atoms with van der Waals surface area (Å²) in [6.45, 7) is 6.24. The van der Waals surface area contributed by atoms with E-state index >= 15 is 0 Å². The Morgan fingerprint density at radius 3 is 1.97 bits per heavy atom. The van der Waals surface area contributed by atoms with Crippen LogP contribution in [0.4, 0.5) is 0 Å². The van der Waals surface area contributed by atoms with Gasteiger partial charge in [-0.15, -0.1) is 6.58 Å². The summed E-state index contributed by atoms with van der Waals surface area (Å²) in [5, 5.41) is 0. The van der Waals surface area contributed by atoms with Crippen LogP contribution in [-0.2, 0) is 29.3 Å². The molecule has 0 N–H and O–H groups in total. The molecule has 0 amide bonds. The van der Waals surface area contributed by atoms with E-state index in [2.05, 4.69) is 43.0 Å². The first-order valence-corrected chi connectivity index (χ1v) is 13.0. The van der Waals surface area contributed by atoms with Crippen molar-refractivity contribution in [3.05, 3.63) is 120 Å². The standard InChI is InChI=1S/C32H34O5/c1-3-13-27-28-20-21-34-31(28)37-29(30(27)36-23(2)33)22-35-32(24-14-7-4-8-15-24,25-16-9-5-10-17-25)26-18-11-6-12-19-26/h3-12,14-19,27-31H,1,13,20-22H2,2H3/t27-,28-,29-,30+,31+/m1/s1. The molecule has 192 valence electrons. The van der Waals surface area contributed by atoms with Crippen molar-refractivity contribution in [2.24, 2.45) is 11.8 Å². The molecule has 0 spiro atoms. The third kappa shape index (κ3) is 5.12. The average molecular weight is 499 g/mol. The topological polar surface area (TPSA) is 54.0 Å². The number of carbonyl (C=O) groups is 1. The van der Waals surface area contributed by atoms with E-state index < -0.39 is 17.8 Å². The van der Waals surface area contributed by atoms with Gasteiger partial charge in [0.15, 0.2) is 6.29 Å². The maximum Gasteiger partial charge on any atom is 0.303 e. The highest BCUT2D eigenvalue weighted by Gasteiger charge is 2.50. The number of esters is 1. The number of fused-ring (bicyclic) bond motifs is 1. The van der Waals surface area contributed by atoms with Crippen LogP contribution in [0.25, 0.3) is 0 Å². The van der Waals surface area contributed by atoms with Crippen LogP contribution in [0.2, 0.25) is 0 Å². The Bertz CT molecular complexity index is 1070. The van der Waals surface area contributed by atoms with E-state index in [1.54, 1.807) is 0 Å². The number of hydrogen-bond donors (Lipinski definition) is 0. The quantitative estimate of drug-likeness (QED) is 0.209. The van der Waals surface area contributed by atoms with Crippen molar-refractivity contribution in [1.82, 2.24) is 0 Å². The van der Waals surface area contributed by atoms with Gasteiger partial charge in [0.2, 0.25) is 0 Å². The van der Waals surface area contributed by atoms with Crippen molar-refractivity contribution >= 4 is 5.97 Å². The van der Waals surface area contributed by atoms with E-state index in [-0.39, 0.29) is 30.7 Å². The number of rotatable bonds is 9. The van der Waals surface area contributed by atoms with Gasteiger partial charge in [0.1, 0.15) is 17.8 Å². The molecule has 3 aromatic carbocycles.